The Morgan fingerprint density at radius 1 is 1.55 bits per heavy atom. The summed E-state index contributed by atoms with van der Waals surface area (Å²) in [6.07, 6.45) is 6.53. The Morgan fingerprint density at radius 2 is 2.20 bits per heavy atom. The van der Waals surface area contributed by atoms with Crippen molar-refractivity contribution in [3.05, 3.63) is 27.3 Å². The second-order valence-electron chi connectivity index (χ2n) is 4.08. The van der Waals surface area contributed by atoms with Gasteiger partial charge in [-0.05, 0) is 47.2 Å². The van der Waals surface area contributed by atoms with Crippen LogP contribution in [-0.2, 0) is 10.0 Å². The monoisotopic (exact) mass is 407 g/mol. The summed E-state index contributed by atoms with van der Waals surface area (Å²) in [5.41, 5.74) is -0.0544. The predicted molar refractivity (Wildman–Crippen MR) is 84.0 cm³/mol. The van der Waals surface area contributed by atoms with Crippen LogP contribution in [0.25, 0.3) is 0 Å². The summed E-state index contributed by atoms with van der Waals surface area (Å²) in [5.74, 6) is 1.20. The molecule has 0 aliphatic carbocycles. The molecule has 0 amide bonds. The topological polar surface area (TPSA) is 83.5 Å². The summed E-state index contributed by atoms with van der Waals surface area (Å²) in [4.78, 5) is 10.9. The van der Waals surface area contributed by atoms with Gasteiger partial charge in [-0.25, -0.2) is 13.2 Å². The van der Waals surface area contributed by atoms with E-state index < -0.39 is 22.0 Å². The van der Waals surface area contributed by atoms with Crippen LogP contribution in [0, 0.1) is 15.9 Å². The lowest BCUT2D eigenvalue weighted by Crippen LogP contribution is -2.33. The van der Waals surface area contributed by atoms with E-state index in [9.17, 15) is 13.2 Å². The zero-order valence-corrected chi connectivity index (χ0v) is 13.7. The van der Waals surface area contributed by atoms with Gasteiger partial charge in [0, 0.05) is 3.57 Å². The number of aromatic carboxylic acids is 1. The fraction of sp³-hybridized carbons (Fsp3) is 0.308. The lowest BCUT2D eigenvalue weighted by atomic mass is 10.2. The zero-order chi connectivity index (χ0) is 15.3. The van der Waals surface area contributed by atoms with Gasteiger partial charge < -0.3 is 5.11 Å². The Bertz CT molecular complexity index is 649. The molecule has 0 radical (unpaired) electrons. The van der Waals surface area contributed by atoms with Gasteiger partial charge in [-0.2, -0.15) is 4.72 Å². The summed E-state index contributed by atoms with van der Waals surface area (Å²) < 4.78 is 27.2. The Labute approximate surface area is 132 Å². The van der Waals surface area contributed by atoms with Gasteiger partial charge in [-0.3, -0.25) is 0 Å². The summed E-state index contributed by atoms with van der Waals surface area (Å²) in [6, 6.07) is 3.34. The van der Waals surface area contributed by atoms with Gasteiger partial charge in [0.25, 0.3) is 0 Å². The van der Waals surface area contributed by atoms with Gasteiger partial charge >= 0.3 is 5.97 Å². The lowest BCUT2D eigenvalue weighted by molar-refractivity contribution is 0.0695. The smallest absolute Gasteiger partial charge is 0.336 e. The highest BCUT2D eigenvalue weighted by molar-refractivity contribution is 14.1. The van der Waals surface area contributed by atoms with Crippen molar-refractivity contribution < 1.29 is 18.3 Å². The molecule has 5 nitrogen and oxygen atoms in total. The molecule has 0 aliphatic rings. The Hall–Kier alpha value is -1.11. The number of halogens is 1. The molecular formula is C13H14INO4S. The highest BCUT2D eigenvalue weighted by Crippen LogP contribution is 2.18. The Balaban J connectivity index is 3.13. The molecule has 1 atom stereocenters. The molecule has 2 N–H and O–H groups in total. The van der Waals surface area contributed by atoms with E-state index in [1.807, 2.05) is 29.5 Å². The maximum Gasteiger partial charge on any atom is 0.336 e. The molecule has 108 valence electrons. The number of benzene rings is 1. The van der Waals surface area contributed by atoms with Crippen LogP contribution in [0.3, 0.4) is 0 Å². The number of carbonyl (C=O) groups is 1. The van der Waals surface area contributed by atoms with Crippen LogP contribution in [0.4, 0.5) is 0 Å². The average Bonchev–Trinajstić information content (AvgIpc) is 2.37. The minimum Gasteiger partial charge on any atom is -0.478 e. The molecule has 1 aromatic rings. The van der Waals surface area contributed by atoms with Crippen LogP contribution in [-0.4, -0.2) is 25.5 Å². The molecule has 0 fully saturated rings. The van der Waals surface area contributed by atoms with Crippen molar-refractivity contribution in [3.63, 3.8) is 0 Å². The largest absolute Gasteiger partial charge is 0.478 e. The van der Waals surface area contributed by atoms with E-state index in [-0.39, 0.29) is 10.5 Å². The molecule has 0 aliphatic heterocycles. The van der Waals surface area contributed by atoms with Crippen molar-refractivity contribution in [2.75, 3.05) is 0 Å². The molecule has 0 heterocycles. The van der Waals surface area contributed by atoms with Crippen molar-refractivity contribution in [1.82, 2.24) is 4.72 Å². The van der Waals surface area contributed by atoms with Gasteiger partial charge in [0.2, 0.25) is 10.0 Å². The molecule has 0 saturated carbocycles. The number of sulfonamides is 1. The van der Waals surface area contributed by atoms with Gasteiger partial charge in [0.15, 0.2) is 0 Å². The molecule has 0 saturated heterocycles. The average molecular weight is 407 g/mol. The van der Waals surface area contributed by atoms with Crippen LogP contribution in [0.2, 0.25) is 0 Å². The highest BCUT2D eigenvalue weighted by atomic mass is 127. The second kappa shape index (κ2) is 7.06. The number of rotatable bonds is 6. The minimum absolute atomic E-state index is 0.0544. The third-order valence-electron chi connectivity index (χ3n) is 2.55. The maximum absolute atomic E-state index is 12.2. The van der Waals surface area contributed by atoms with Crippen LogP contribution in [0.15, 0.2) is 23.1 Å². The molecule has 1 rings (SSSR count). The van der Waals surface area contributed by atoms with Crippen molar-refractivity contribution in [1.29, 1.82) is 0 Å². The molecule has 20 heavy (non-hydrogen) atoms. The summed E-state index contributed by atoms with van der Waals surface area (Å²) in [5, 5.41) is 9.02. The molecule has 1 aromatic carbocycles. The van der Waals surface area contributed by atoms with E-state index in [1.54, 1.807) is 0 Å². The fourth-order valence-corrected chi connectivity index (χ4v) is 3.34. The molecule has 0 aromatic heterocycles. The number of carboxylic acids is 1. The van der Waals surface area contributed by atoms with Gasteiger partial charge in [-0.15, -0.1) is 6.42 Å². The lowest BCUT2D eigenvalue weighted by Gasteiger charge is -2.13. The van der Waals surface area contributed by atoms with E-state index >= 15 is 0 Å². The van der Waals surface area contributed by atoms with Crippen LogP contribution >= 0.6 is 22.6 Å². The quantitative estimate of drug-likeness (QED) is 0.559. The van der Waals surface area contributed by atoms with Crippen molar-refractivity contribution in [2.45, 2.75) is 30.7 Å². The molecule has 0 spiro atoms. The van der Waals surface area contributed by atoms with E-state index in [4.69, 9.17) is 11.5 Å². The molecule has 7 heteroatoms. The second-order valence-corrected chi connectivity index (χ2v) is 6.95. The van der Waals surface area contributed by atoms with Crippen LogP contribution in [0.1, 0.15) is 30.1 Å². The number of terminal acetylenes is 1. The molecule has 1 unspecified atom stereocenters. The molecule has 0 bridgehead atoms. The van der Waals surface area contributed by atoms with E-state index in [0.29, 0.717) is 9.99 Å². The number of nitrogens with one attached hydrogen (secondary N) is 1. The Kier molecular flexibility index (Phi) is 5.98. The summed E-state index contributed by atoms with van der Waals surface area (Å²) in [7, 11) is -3.83. The normalized spacial score (nSPS) is 12.7. The first-order valence-corrected chi connectivity index (χ1v) is 8.39. The van der Waals surface area contributed by atoms with Crippen molar-refractivity contribution in [3.8, 4) is 12.3 Å². The predicted octanol–water partition coefficient (Wildman–Crippen LogP) is 2.07. The fourth-order valence-electron chi connectivity index (χ4n) is 1.56. The van der Waals surface area contributed by atoms with Crippen molar-refractivity contribution in [2.24, 2.45) is 0 Å². The highest BCUT2D eigenvalue weighted by Gasteiger charge is 2.20. The van der Waals surface area contributed by atoms with Gasteiger partial charge in [0.05, 0.1) is 16.5 Å². The maximum atomic E-state index is 12.2. The van der Waals surface area contributed by atoms with Gasteiger partial charge in [0.1, 0.15) is 0 Å². The first-order valence-electron chi connectivity index (χ1n) is 5.83. The Morgan fingerprint density at radius 3 is 2.70 bits per heavy atom. The number of carboxylic acid groups (broad SMARTS) is 1. The summed E-state index contributed by atoms with van der Waals surface area (Å²) >= 11 is 1.84. The van der Waals surface area contributed by atoms with E-state index in [2.05, 4.69) is 10.6 Å². The minimum atomic E-state index is -3.83. The van der Waals surface area contributed by atoms with Gasteiger partial charge in [-0.1, -0.05) is 19.3 Å². The van der Waals surface area contributed by atoms with E-state index in [1.165, 1.54) is 12.1 Å². The SMILES string of the molecule is C#CC(CCC)NS(=O)(=O)c1ccc(I)c(C(=O)O)c1. The van der Waals surface area contributed by atoms with Crippen molar-refractivity contribution >= 4 is 38.6 Å². The number of hydrogen-bond acceptors (Lipinski definition) is 3. The third kappa shape index (κ3) is 4.19. The summed E-state index contributed by atoms with van der Waals surface area (Å²) in [6.45, 7) is 1.89. The number of hydrogen-bond donors (Lipinski definition) is 2. The first kappa shape index (κ1) is 16.9. The first-order chi connectivity index (χ1) is 9.31. The van der Waals surface area contributed by atoms with Crippen LogP contribution < -0.4 is 4.72 Å². The molecular weight excluding hydrogens is 393 g/mol. The standard InChI is InChI=1S/C13H14INO4S/c1-3-5-9(4-2)15-20(18,19)10-6-7-12(14)11(8-10)13(16)17/h2,6-9,15H,3,5H2,1H3,(H,16,17). The third-order valence-corrected chi connectivity index (χ3v) is 4.96. The zero-order valence-electron chi connectivity index (χ0n) is 10.8. The van der Waals surface area contributed by atoms with E-state index in [0.717, 1.165) is 12.5 Å². The van der Waals surface area contributed by atoms with Crippen LogP contribution in [0.5, 0.6) is 0 Å².